The van der Waals surface area contributed by atoms with Crippen LogP contribution in [0.3, 0.4) is 0 Å². The third-order valence-electron chi connectivity index (χ3n) is 1.87. The minimum atomic E-state index is -0.951. The molecule has 0 radical (unpaired) electrons. The van der Waals surface area contributed by atoms with Crippen molar-refractivity contribution in [2.75, 3.05) is 0 Å². The highest BCUT2D eigenvalue weighted by Crippen LogP contribution is 2.22. The quantitative estimate of drug-likeness (QED) is 0.668. The third kappa shape index (κ3) is 1.30. The van der Waals surface area contributed by atoms with Gasteiger partial charge in [0.2, 0.25) is 0 Å². The van der Waals surface area contributed by atoms with Gasteiger partial charge in [-0.1, -0.05) is 24.1 Å². The Morgan fingerprint density at radius 2 is 2.15 bits per heavy atom. The van der Waals surface area contributed by atoms with Crippen LogP contribution in [0.25, 0.3) is 11.0 Å². The van der Waals surface area contributed by atoms with Gasteiger partial charge in [0.15, 0.2) is 6.10 Å². The first-order valence-electron chi connectivity index (χ1n) is 3.94. The fraction of sp³-hybridized carbons (Fsp3) is 0.0909. The molecule has 1 N–H and O–H groups in total. The zero-order valence-corrected chi connectivity index (χ0v) is 6.90. The van der Waals surface area contributed by atoms with Crippen molar-refractivity contribution in [1.82, 2.24) is 0 Å². The maximum atomic E-state index is 9.30. The molecule has 1 aromatic heterocycles. The second kappa shape index (κ2) is 2.96. The van der Waals surface area contributed by atoms with Crippen molar-refractivity contribution in [1.29, 1.82) is 0 Å². The predicted octanol–water partition coefficient (Wildman–Crippen LogP) is 2.10. The van der Waals surface area contributed by atoms with Crippen LogP contribution in [0.4, 0.5) is 0 Å². The number of para-hydroxylation sites is 1. The van der Waals surface area contributed by atoms with Crippen LogP contribution in [0.2, 0.25) is 0 Å². The highest BCUT2D eigenvalue weighted by molar-refractivity contribution is 5.77. The number of aliphatic hydroxyl groups is 1. The fourth-order valence-corrected chi connectivity index (χ4v) is 1.22. The molecule has 0 bridgehead atoms. The van der Waals surface area contributed by atoms with Crippen LogP contribution in [0.1, 0.15) is 11.9 Å². The van der Waals surface area contributed by atoms with E-state index in [2.05, 4.69) is 5.92 Å². The first-order valence-corrected chi connectivity index (χ1v) is 3.94. The van der Waals surface area contributed by atoms with E-state index in [1.807, 2.05) is 24.3 Å². The van der Waals surface area contributed by atoms with E-state index >= 15 is 0 Å². The maximum absolute atomic E-state index is 9.30. The van der Waals surface area contributed by atoms with Crippen LogP contribution in [0, 0.1) is 12.3 Å². The standard InChI is InChI=1S/C11H8O2/c1-2-9(12)11-7-8-5-3-4-6-10(8)13-11/h1,3-7,9,12H/t9-/m1/s1. The van der Waals surface area contributed by atoms with Crippen LogP contribution in [0.5, 0.6) is 0 Å². The Kier molecular flexibility index (Phi) is 1.80. The molecule has 0 aliphatic heterocycles. The summed E-state index contributed by atoms with van der Waals surface area (Å²) in [5.74, 6) is 2.62. The largest absolute Gasteiger partial charge is 0.457 e. The first kappa shape index (κ1) is 7.90. The summed E-state index contributed by atoms with van der Waals surface area (Å²) in [6.45, 7) is 0. The zero-order chi connectivity index (χ0) is 9.26. The summed E-state index contributed by atoms with van der Waals surface area (Å²) in [5, 5.41) is 10.3. The van der Waals surface area contributed by atoms with Crippen molar-refractivity contribution in [3.05, 3.63) is 36.1 Å². The smallest absolute Gasteiger partial charge is 0.172 e. The maximum Gasteiger partial charge on any atom is 0.172 e. The van der Waals surface area contributed by atoms with Gasteiger partial charge in [-0.05, 0) is 12.1 Å². The van der Waals surface area contributed by atoms with Crippen LogP contribution < -0.4 is 0 Å². The van der Waals surface area contributed by atoms with Gasteiger partial charge in [0.05, 0.1) is 0 Å². The molecule has 0 fully saturated rings. The molecule has 13 heavy (non-hydrogen) atoms. The van der Waals surface area contributed by atoms with E-state index in [1.165, 1.54) is 0 Å². The molecule has 0 aliphatic rings. The van der Waals surface area contributed by atoms with Crippen molar-refractivity contribution in [3.63, 3.8) is 0 Å². The molecule has 2 heteroatoms. The number of benzene rings is 1. The number of furan rings is 1. The topological polar surface area (TPSA) is 33.4 Å². The molecule has 64 valence electrons. The van der Waals surface area contributed by atoms with Crippen molar-refractivity contribution in [2.45, 2.75) is 6.10 Å². The Hall–Kier alpha value is -1.72. The van der Waals surface area contributed by atoms with Crippen LogP contribution in [-0.4, -0.2) is 5.11 Å². The Labute approximate surface area is 75.8 Å². The van der Waals surface area contributed by atoms with E-state index < -0.39 is 6.10 Å². The second-order valence-corrected chi connectivity index (χ2v) is 2.76. The molecule has 2 rings (SSSR count). The minimum absolute atomic E-state index is 0.420. The average molecular weight is 172 g/mol. The lowest BCUT2D eigenvalue weighted by Gasteiger charge is -1.94. The summed E-state index contributed by atoms with van der Waals surface area (Å²) in [6.07, 6.45) is 4.11. The minimum Gasteiger partial charge on any atom is -0.457 e. The number of fused-ring (bicyclic) bond motifs is 1. The molecular weight excluding hydrogens is 164 g/mol. The number of rotatable bonds is 1. The van der Waals surface area contributed by atoms with E-state index in [4.69, 9.17) is 10.8 Å². The van der Waals surface area contributed by atoms with E-state index in [9.17, 15) is 5.11 Å². The summed E-state index contributed by atoms with van der Waals surface area (Å²) < 4.78 is 5.33. The first-order chi connectivity index (χ1) is 6.31. The molecule has 2 aromatic rings. The van der Waals surface area contributed by atoms with Crippen molar-refractivity contribution >= 4 is 11.0 Å². The summed E-state index contributed by atoms with van der Waals surface area (Å²) in [4.78, 5) is 0. The van der Waals surface area contributed by atoms with Gasteiger partial charge in [-0.25, -0.2) is 0 Å². The van der Waals surface area contributed by atoms with E-state index in [0.29, 0.717) is 5.76 Å². The van der Waals surface area contributed by atoms with Gasteiger partial charge >= 0.3 is 0 Å². The van der Waals surface area contributed by atoms with Gasteiger partial charge < -0.3 is 9.52 Å². The SMILES string of the molecule is C#C[C@@H](O)c1cc2ccccc2o1. The van der Waals surface area contributed by atoms with Crippen LogP contribution in [-0.2, 0) is 0 Å². The van der Waals surface area contributed by atoms with Crippen LogP contribution >= 0.6 is 0 Å². The number of terminal acetylenes is 1. The molecule has 1 heterocycles. The van der Waals surface area contributed by atoms with Gasteiger partial charge in [-0.15, -0.1) is 6.42 Å². The molecule has 0 saturated carbocycles. The second-order valence-electron chi connectivity index (χ2n) is 2.76. The van der Waals surface area contributed by atoms with Crippen molar-refractivity contribution in [3.8, 4) is 12.3 Å². The van der Waals surface area contributed by atoms with Gasteiger partial charge in [-0.3, -0.25) is 0 Å². The molecule has 0 unspecified atom stereocenters. The van der Waals surface area contributed by atoms with Gasteiger partial charge in [0.1, 0.15) is 11.3 Å². The van der Waals surface area contributed by atoms with Crippen molar-refractivity contribution < 1.29 is 9.52 Å². The molecule has 0 amide bonds. The molecule has 0 spiro atoms. The van der Waals surface area contributed by atoms with E-state index in [0.717, 1.165) is 11.0 Å². The lowest BCUT2D eigenvalue weighted by atomic mass is 10.2. The zero-order valence-electron chi connectivity index (χ0n) is 6.90. The third-order valence-corrected chi connectivity index (χ3v) is 1.87. The lowest BCUT2D eigenvalue weighted by molar-refractivity contribution is 0.209. The molecule has 0 aliphatic carbocycles. The Morgan fingerprint density at radius 3 is 2.85 bits per heavy atom. The normalized spacial score (nSPS) is 12.6. The Bertz CT molecular complexity index is 429. The lowest BCUT2D eigenvalue weighted by Crippen LogP contribution is -1.88. The van der Waals surface area contributed by atoms with E-state index in [-0.39, 0.29) is 0 Å². The molecule has 2 nitrogen and oxygen atoms in total. The molecule has 0 saturated heterocycles. The number of aliphatic hydroxyl groups excluding tert-OH is 1. The monoisotopic (exact) mass is 172 g/mol. The summed E-state index contributed by atoms with van der Waals surface area (Å²) in [7, 11) is 0. The molecule has 1 aromatic carbocycles. The van der Waals surface area contributed by atoms with Crippen LogP contribution in [0.15, 0.2) is 34.7 Å². The summed E-state index contributed by atoms with van der Waals surface area (Å²) >= 11 is 0. The fourth-order valence-electron chi connectivity index (χ4n) is 1.22. The Balaban J connectivity index is 2.57. The number of hydrogen-bond acceptors (Lipinski definition) is 2. The summed E-state index contributed by atoms with van der Waals surface area (Å²) in [6, 6.07) is 9.27. The average Bonchev–Trinajstić information content (AvgIpc) is 2.59. The van der Waals surface area contributed by atoms with Gasteiger partial charge in [0, 0.05) is 5.39 Å². The predicted molar refractivity (Wildman–Crippen MR) is 50.0 cm³/mol. The van der Waals surface area contributed by atoms with E-state index in [1.54, 1.807) is 6.07 Å². The number of hydrogen-bond donors (Lipinski definition) is 1. The van der Waals surface area contributed by atoms with Gasteiger partial charge in [0.25, 0.3) is 0 Å². The highest BCUT2D eigenvalue weighted by Gasteiger charge is 2.09. The highest BCUT2D eigenvalue weighted by atomic mass is 16.4. The van der Waals surface area contributed by atoms with Gasteiger partial charge in [-0.2, -0.15) is 0 Å². The molecular formula is C11H8O2. The molecule has 1 atom stereocenters. The summed E-state index contributed by atoms with van der Waals surface area (Å²) in [5.41, 5.74) is 0.742. The Morgan fingerprint density at radius 1 is 1.38 bits per heavy atom. The van der Waals surface area contributed by atoms with Crippen molar-refractivity contribution in [2.24, 2.45) is 0 Å².